The summed E-state index contributed by atoms with van der Waals surface area (Å²) in [4.78, 5) is 68.2. The van der Waals surface area contributed by atoms with Crippen LogP contribution >= 0.6 is 0 Å². The standard InChI is InChI=1S/C45H50N10O4/c1-5-24-54(42(56)40(53-45(58)59-4)34-11-7-6-8-12-34)28-38-48-26-35(50-38)32-18-14-30(15-19-32)31-16-20-33(21-17-31)36-27-49-41(51-36)37-13-9-25-55(37)43(57)39(29(2)3)52-44-46-22-10-23-47-44/h6-8,10-12,14-23,26-27,29,37,39-40H,5,9,13,24-25,28H2,1-4H3,(H,48,50)(H,49,51)(H,53,58)(H,46,47,52). The number of benzene rings is 3. The van der Waals surface area contributed by atoms with Crippen LogP contribution in [-0.2, 0) is 20.9 Å². The molecule has 304 valence electrons. The van der Waals surface area contributed by atoms with E-state index in [0.29, 0.717) is 30.4 Å². The summed E-state index contributed by atoms with van der Waals surface area (Å²) in [6, 6.07) is 26.0. The number of methoxy groups -OCH3 is 1. The van der Waals surface area contributed by atoms with Crippen LogP contribution in [0.3, 0.4) is 0 Å². The van der Waals surface area contributed by atoms with Crippen molar-refractivity contribution in [1.82, 2.24) is 45.0 Å². The fourth-order valence-electron chi connectivity index (χ4n) is 7.46. The lowest BCUT2D eigenvalue weighted by atomic mass is 10.0. The predicted molar refractivity (Wildman–Crippen MR) is 225 cm³/mol. The van der Waals surface area contributed by atoms with E-state index in [1.807, 2.05) is 62.2 Å². The number of rotatable bonds is 15. The molecular weight excluding hydrogens is 745 g/mol. The van der Waals surface area contributed by atoms with Gasteiger partial charge in [-0.05, 0) is 59.1 Å². The van der Waals surface area contributed by atoms with Crippen LogP contribution in [0, 0.1) is 5.92 Å². The molecule has 0 saturated carbocycles. The number of imidazole rings is 2. The Morgan fingerprint density at radius 2 is 1.46 bits per heavy atom. The first-order valence-corrected chi connectivity index (χ1v) is 20.0. The smallest absolute Gasteiger partial charge is 0.407 e. The Balaban J connectivity index is 0.994. The van der Waals surface area contributed by atoms with Gasteiger partial charge in [-0.15, -0.1) is 0 Å². The van der Waals surface area contributed by atoms with Crippen LogP contribution in [0.4, 0.5) is 10.7 Å². The molecule has 3 aromatic heterocycles. The summed E-state index contributed by atoms with van der Waals surface area (Å²) in [7, 11) is 1.28. The third-order valence-electron chi connectivity index (χ3n) is 10.6. The number of likely N-dealkylation sites (tertiary alicyclic amines) is 1. The first-order valence-electron chi connectivity index (χ1n) is 20.0. The summed E-state index contributed by atoms with van der Waals surface area (Å²) in [6.07, 6.45) is 8.73. The molecule has 1 fully saturated rings. The largest absolute Gasteiger partial charge is 0.453 e. The summed E-state index contributed by atoms with van der Waals surface area (Å²) < 4.78 is 4.81. The van der Waals surface area contributed by atoms with E-state index in [4.69, 9.17) is 9.72 Å². The van der Waals surface area contributed by atoms with Crippen molar-refractivity contribution in [3.05, 3.63) is 127 Å². The zero-order valence-electron chi connectivity index (χ0n) is 33.8. The van der Waals surface area contributed by atoms with Crippen LogP contribution in [0.5, 0.6) is 0 Å². The number of hydrogen-bond acceptors (Lipinski definition) is 9. The molecule has 3 amide bonds. The van der Waals surface area contributed by atoms with Crippen molar-refractivity contribution >= 4 is 23.9 Å². The maximum absolute atomic E-state index is 13.8. The molecule has 0 aliphatic carbocycles. The molecule has 0 bridgehead atoms. The zero-order chi connectivity index (χ0) is 41.3. The molecule has 1 saturated heterocycles. The molecule has 14 nitrogen and oxygen atoms in total. The SMILES string of the molecule is CCCN(Cc1ncc(-c2ccc(-c3ccc(-c4cnc(C5CCCN5C(=O)C(Nc5ncccn5)C(C)C)[nH]4)cc3)cc2)[nH]1)C(=O)C(NC(=O)OC)c1ccccc1. The Bertz CT molecular complexity index is 2310. The monoisotopic (exact) mass is 794 g/mol. The van der Waals surface area contributed by atoms with Crippen LogP contribution in [0.1, 0.15) is 69.3 Å². The molecule has 1 aliphatic heterocycles. The highest BCUT2D eigenvalue weighted by Gasteiger charge is 2.37. The molecule has 6 aromatic rings. The zero-order valence-corrected chi connectivity index (χ0v) is 33.8. The van der Waals surface area contributed by atoms with Gasteiger partial charge >= 0.3 is 6.09 Å². The molecule has 7 rings (SSSR count). The molecule has 0 radical (unpaired) electrons. The third kappa shape index (κ3) is 9.49. The number of nitrogens with zero attached hydrogens (tertiary/aromatic N) is 6. The summed E-state index contributed by atoms with van der Waals surface area (Å²) in [5, 5.41) is 5.93. The fourth-order valence-corrected chi connectivity index (χ4v) is 7.46. The normalized spacial score (nSPS) is 14.8. The van der Waals surface area contributed by atoms with Crippen molar-refractivity contribution in [1.29, 1.82) is 0 Å². The highest BCUT2D eigenvalue weighted by atomic mass is 16.5. The lowest BCUT2D eigenvalue weighted by Gasteiger charge is -2.30. The van der Waals surface area contributed by atoms with Gasteiger partial charge in [0.1, 0.15) is 23.7 Å². The second-order valence-corrected chi connectivity index (χ2v) is 14.9. The first kappa shape index (κ1) is 40.4. The van der Waals surface area contributed by atoms with Gasteiger partial charge in [0.05, 0.1) is 43.5 Å². The number of hydrogen-bond donors (Lipinski definition) is 4. The highest BCUT2D eigenvalue weighted by molar-refractivity contribution is 5.87. The van der Waals surface area contributed by atoms with Crippen molar-refractivity contribution in [2.24, 2.45) is 5.92 Å². The molecule has 4 N–H and O–H groups in total. The van der Waals surface area contributed by atoms with Crippen molar-refractivity contribution in [2.45, 2.75) is 64.7 Å². The molecule has 14 heteroatoms. The number of carbonyl (C=O) groups is 3. The maximum atomic E-state index is 13.8. The number of aromatic amines is 2. The number of carbonyl (C=O) groups excluding carboxylic acids is 3. The lowest BCUT2D eigenvalue weighted by molar-refractivity contribution is -0.135. The van der Waals surface area contributed by atoms with E-state index >= 15 is 0 Å². The van der Waals surface area contributed by atoms with Gasteiger partial charge in [-0.25, -0.2) is 24.7 Å². The summed E-state index contributed by atoms with van der Waals surface area (Å²) >= 11 is 0. The minimum atomic E-state index is -0.897. The summed E-state index contributed by atoms with van der Waals surface area (Å²) in [6.45, 7) is 7.45. The van der Waals surface area contributed by atoms with Crippen molar-refractivity contribution in [2.75, 3.05) is 25.5 Å². The second-order valence-electron chi connectivity index (χ2n) is 14.9. The van der Waals surface area contributed by atoms with Crippen molar-refractivity contribution < 1.29 is 19.1 Å². The average molecular weight is 795 g/mol. The van der Waals surface area contributed by atoms with Gasteiger partial charge in [-0.1, -0.05) is 99.6 Å². The van der Waals surface area contributed by atoms with Crippen LogP contribution in [0.15, 0.2) is 110 Å². The van der Waals surface area contributed by atoms with Crippen LogP contribution in [0.2, 0.25) is 0 Å². The molecule has 3 aromatic carbocycles. The van der Waals surface area contributed by atoms with Gasteiger partial charge in [0.2, 0.25) is 17.8 Å². The number of amides is 3. The van der Waals surface area contributed by atoms with E-state index in [1.165, 1.54) is 7.11 Å². The lowest BCUT2D eigenvalue weighted by Crippen LogP contribution is -2.45. The summed E-state index contributed by atoms with van der Waals surface area (Å²) in [5.41, 5.74) is 6.47. The van der Waals surface area contributed by atoms with Gasteiger partial charge < -0.3 is 35.1 Å². The molecule has 4 heterocycles. The molecule has 59 heavy (non-hydrogen) atoms. The third-order valence-corrected chi connectivity index (χ3v) is 10.6. The topological polar surface area (TPSA) is 174 Å². The van der Waals surface area contributed by atoms with E-state index in [2.05, 4.69) is 72.0 Å². The van der Waals surface area contributed by atoms with Crippen LogP contribution in [-0.4, -0.2) is 83.9 Å². The van der Waals surface area contributed by atoms with E-state index in [0.717, 1.165) is 58.7 Å². The van der Waals surface area contributed by atoms with E-state index < -0.39 is 18.2 Å². The Hall–Kier alpha value is -6.83. The van der Waals surface area contributed by atoms with Gasteiger partial charge in [-0.3, -0.25) is 9.59 Å². The quantitative estimate of drug-likeness (QED) is 0.0818. The molecule has 0 spiro atoms. The van der Waals surface area contributed by atoms with Crippen molar-refractivity contribution in [3.8, 4) is 33.6 Å². The van der Waals surface area contributed by atoms with Gasteiger partial charge in [-0.2, -0.15) is 0 Å². The minimum Gasteiger partial charge on any atom is -0.453 e. The fraction of sp³-hybridized carbons (Fsp3) is 0.311. The van der Waals surface area contributed by atoms with Crippen molar-refractivity contribution in [3.63, 3.8) is 0 Å². The maximum Gasteiger partial charge on any atom is 0.407 e. The first-order chi connectivity index (χ1) is 28.7. The van der Waals surface area contributed by atoms with E-state index in [-0.39, 0.29) is 30.3 Å². The van der Waals surface area contributed by atoms with Crippen LogP contribution < -0.4 is 10.6 Å². The number of alkyl carbamates (subject to hydrolysis) is 1. The van der Waals surface area contributed by atoms with Gasteiger partial charge in [0, 0.05) is 25.5 Å². The predicted octanol–water partition coefficient (Wildman–Crippen LogP) is 7.56. The molecule has 3 unspecified atom stereocenters. The number of aromatic nitrogens is 6. The van der Waals surface area contributed by atoms with E-state index in [1.54, 1.807) is 41.7 Å². The number of anilines is 1. The Morgan fingerprint density at radius 1 is 0.831 bits per heavy atom. The number of nitrogens with one attached hydrogen (secondary N) is 4. The Kier molecular flexibility index (Phi) is 12.7. The average Bonchev–Trinajstić information content (AvgIpc) is 4.07. The van der Waals surface area contributed by atoms with Crippen LogP contribution in [0.25, 0.3) is 33.6 Å². The summed E-state index contributed by atoms with van der Waals surface area (Å²) in [5.74, 6) is 1.66. The highest BCUT2D eigenvalue weighted by Crippen LogP contribution is 2.34. The number of H-pyrrole nitrogens is 2. The number of ether oxygens (including phenoxy) is 1. The van der Waals surface area contributed by atoms with E-state index in [9.17, 15) is 14.4 Å². The molecule has 3 atom stereocenters. The molecular formula is C45H50N10O4. The minimum absolute atomic E-state index is 0.0189. The van der Waals surface area contributed by atoms with Gasteiger partial charge in [0.15, 0.2) is 0 Å². The Morgan fingerprint density at radius 3 is 2.08 bits per heavy atom. The van der Waals surface area contributed by atoms with Gasteiger partial charge in [0.25, 0.3) is 0 Å². The second kappa shape index (κ2) is 18.6. The Labute approximate surface area is 343 Å². The molecule has 1 aliphatic rings.